The van der Waals surface area contributed by atoms with Crippen molar-refractivity contribution in [2.45, 2.75) is 59.8 Å². The number of aryl methyl sites for hydroxylation is 1. The number of carbonyl (C=O) groups excluding carboxylic acids is 1. The van der Waals surface area contributed by atoms with Gasteiger partial charge in [-0.15, -0.1) is 0 Å². The molecule has 1 amide bonds. The highest BCUT2D eigenvalue weighted by atomic mass is 16.5. The summed E-state index contributed by atoms with van der Waals surface area (Å²) < 4.78 is 12.0. The van der Waals surface area contributed by atoms with Crippen molar-refractivity contribution >= 4 is 11.6 Å². The Labute approximate surface area is 205 Å². The summed E-state index contributed by atoms with van der Waals surface area (Å²) in [6.45, 7) is 15.0. The molecular weight excluding hydrogens is 424 g/mol. The van der Waals surface area contributed by atoms with Gasteiger partial charge in [-0.05, 0) is 85.8 Å². The van der Waals surface area contributed by atoms with Gasteiger partial charge in [0.1, 0.15) is 18.1 Å². The largest absolute Gasteiger partial charge is 0.492 e. The van der Waals surface area contributed by atoms with Gasteiger partial charge in [0.15, 0.2) is 5.76 Å². The van der Waals surface area contributed by atoms with Gasteiger partial charge in [0.2, 0.25) is 0 Å². The summed E-state index contributed by atoms with van der Waals surface area (Å²) in [5, 5.41) is 0. The molecule has 0 spiro atoms. The van der Waals surface area contributed by atoms with Gasteiger partial charge in [0.05, 0.1) is 0 Å². The topological polar surface area (TPSA) is 42.0 Å². The number of amides is 1. The van der Waals surface area contributed by atoms with Crippen LogP contribution in [0, 0.1) is 0 Å². The maximum Gasteiger partial charge on any atom is 0.294 e. The van der Waals surface area contributed by atoms with E-state index >= 15 is 0 Å². The Balaban J connectivity index is 0.00000158. The Morgan fingerprint density at radius 1 is 1.00 bits per heavy atom. The van der Waals surface area contributed by atoms with Crippen LogP contribution in [0.4, 0.5) is 5.69 Å². The highest BCUT2D eigenvalue weighted by molar-refractivity contribution is 6.07. The van der Waals surface area contributed by atoms with Gasteiger partial charge in [-0.2, -0.15) is 0 Å². The van der Waals surface area contributed by atoms with Crippen LogP contribution in [0.15, 0.2) is 54.3 Å². The molecule has 0 aliphatic carbocycles. The number of benzene rings is 2. The van der Waals surface area contributed by atoms with Crippen LogP contribution >= 0.6 is 0 Å². The molecule has 0 saturated carbocycles. The predicted octanol–water partition coefficient (Wildman–Crippen LogP) is 6.18. The summed E-state index contributed by atoms with van der Waals surface area (Å²) in [6, 6.07) is 14.0. The predicted molar refractivity (Wildman–Crippen MR) is 140 cm³/mol. The first kappa shape index (κ1) is 25.8. The lowest BCUT2D eigenvalue weighted by Gasteiger charge is -2.20. The minimum atomic E-state index is -0.109. The Morgan fingerprint density at radius 3 is 2.35 bits per heavy atom. The number of likely N-dealkylation sites (tertiary alicyclic amines) is 1. The molecule has 0 atom stereocenters. The summed E-state index contributed by atoms with van der Waals surface area (Å²) >= 11 is 0. The van der Waals surface area contributed by atoms with E-state index in [0.717, 1.165) is 30.0 Å². The number of hydrogen-bond acceptors (Lipinski definition) is 4. The third-order valence-electron chi connectivity index (χ3n) is 6.29. The molecule has 0 aromatic heterocycles. The summed E-state index contributed by atoms with van der Waals surface area (Å²) in [7, 11) is 0. The fourth-order valence-electron chi connectivity index (χ4n) is 4.27. The molecule has 1 fully saturated rings. The van der Waals surface area contributed by atoms with Crippen molar-refractivity contribution in [3.05, 3.63) is 65.4 Å². The smallest absolute Gasteiger partial charge is 0.294 e. The fraction of sp³-hybridized carbons (Fsp3) is 0.483. The van der Waals surface area contributed by atoms with Gasteiger partial charge in [0.25, 0.3) is 5.91 Å². The number of nitrogens with zero attached hydrogens (tertiary/aromatic N) is 2. The lowest BCUT2D eigenvalue weighted by atomic mass is 10.0. The summed E-state index contributed by atoms with van der Waals surface area (Å²) in [4.78, 5) is 17.2. The second-order valence-electron chi connectivity index (χ2n) is 8.85. The fourth-order valence-corrected chi connectivity index (χ4v) is 4.27. The molecule has 0 unspecified atom stereocenters. The van der Waals surface area contributed by atoms with Crippen LogP contribution in [-0.4, -0.2) is 43.6 Å². The maximum atomic E-state index is 13.0. The van der Waals surface area contributed by atoms with Gasteiger partial charge >= 0.3 is 0 Å². The molecule has 184 valence electrons. The molecule has 2 aromatic rings. The summed E-state index contributed by atoms with van der Waals surface area (Å²) in [5.41, 5.74) is 3.25. The van der Waals surface area contributed by atoms with Crippen molar-refractivity contribution in [2.24, 2.45) is 0 Å². The van der Waals surface area contributed by atoms with Gasteiger partial charge < -0.3 is 14.4 Å². The normalized spacial score (nSPS) is 15.9. The molecule has 0 radical (unpaired) electrons. The van der Waals surface area contributed by atoms with E-state index in [1.165, 1.54) is 31.5 Å². The Kier molecular flexibility index (Phi) is 9.58. The molecule has 5 heteroatoms. The standard InChI is InChI=1S/C27H34N2O3.C2H6/c1-4-21-19-23(9-12-25(21)31-18-17-28-14-5-6-15-28)29-16-13-26(27(29)30)32-24-10-7-22(8-11-24)20(2)3;1-2/h7-13,19-20H,4-6,14-18H2,1-3H3;1-2H3. The zero-order chi connectivity index (χ0) is 24.5. The number of hydrogen-bond donors (Lipinski definition) is 0. The van der Waals surface area contributed by atoms with Crippen LogP contribution in [0.5, 0.6) is 11.5 Å². The number of ether oxygens (including phenoxy) is 2. The number of carbonyl (C=O) groups is 1. The SMILES string of the molecule is CC.CCc1cc(N2CC=C(Oc3ccc(C(C)C)cc3)C2=O)ccc1OCCN1CCCC1. The van der Waals surface area contributed by atoms with Gasteiger partial charge in [-0.1, -0.05) is 46.8 Å². The van der Waals surface area contributed by atoms with Crippen LogP contribution in [-0.2, 0) is 11.2 Å². The average Bonchev–Trinajstić information content (AvgIpc) is 3.51. The summed E-state index contributed by atoms with van der Waals surface area (Å²) in [5.74, 6) is 2.34. The molecule has 1 saturated heterocycles. The lowest BCUT2D eigenvalue weighted by molar-refractivity contribution is -0.116. The molecule has 34 heavy (non-hydrogen) atoms. The van der Waals surface area contributed by atoms with Gasteiger partial charge in [0, 0.05) is 18.8 Å². The Hall–Kier alpha value is -2.79. The van der Waals surface area contributed by atoms with Gasteiger partial charge in [-0.25, -0.2) is 0 Å². The zero-order valence-electron chi connectivity index (χ0n) is 21.5. The van der Waals surface area contributed by atoms with Crippen LogP contribution < -0.4 is 14.4 Å². The quantitative estimate of drug-likeness (QED) is 0.444. The molecule has 0 N–H and O–H groups in total. The van der Waals surface area contributed by atoms with Crippen molar-refractivity contribution in [2.75, 3.05) is 37.7 Å². The molecule has 2 aliphatic rings. The van der Waals surface area contributed by atoms with E-state index in [2.05, 4.69) is 31.7 Å². The highest BCUT2D eigenvalue weighted by Crippen LogP contribution is 2.30. The van der Waals surface area contributed by atoms with Crippen molar-refractivity contribution in [3.63, 3.8) is 0 Å². The molecular formula is C29H40N2O3. The zero-order valence-corrected chi connectivity index (χ0v) is 21.5. The van der Waals surface area contributed by atoms with Crippen molar-refractivity contribution in [1.82, 2.24) is 4.90 Å². The maximum absolute atomic E-state index is 13.0. The van der Waals surface area contributed by atoms with E-state index in [0.29, 0.717) is 30.6 Å². The van der Waals surface area contributed by atoms with Crippen molar-refractivity contribution in [1.29, 1.82) is 0 Å². The second kappa shape index (κ2) is 12.6. The first-order valence-corrected chi connectivity index (χ1v) is 12.8. The number of anilines is 1. The van der Waals surface area contributed by atoms with E-state index in [-0.39, 0.29) is 5.91 Å². The molecule has 5 nitrogen and oxygen atoms in total. The van der Waals surface area contributed by atoms with Gasteiger partial charge in [-0.3, -0.25) is 9.69 Å². The third-order valence-corrected chi connectivity index (χ3v) is 6.29. The minimum absolute atomic E-state index is 0.109. The summed E-state index contributed by atoms with van der Waals surface area (Å²) in [6.07, 6.45) is 5.29. The number of rotatable bonds is 9. The van der Waals surface area contributed by atoms with E-state index < -0.39 is 0 Å². The minimum Gasteiger partial charge on any atom is -0.492 e. The van der Waals surface area contributed by atoms with E-state index in [4.69, 9.17) is 9.47 Å². The van der Waals surface area contributed by atoms with E-state index in [1.54, 1.807) is 4.90 Å². The van der Waals surface area contributed by atoms with Crippen LogP contribution in [0.2, 0.25) is 0 Å². The second-order valence-corrected chi connectivity index (χ2v) is 8.85. The average molecular weight is 465 g/mol. The van der Waals surface area contributed by atoms with Crippen LogP contribution in [0.25, 0.3) is 0 Å². The highest BCUT2D eigenvalue weighted by Gasteiger charge is 2.27. The monoisotopic (exact) mass is 464 g/mol. The first-order valence-electron chi connectivity index (χ1n) is 12.8. The molecule has 0 bridgehead atoms. The van der Waals surface area contributed by atoms with E-state index in [1.807, 2.05) is 56.3 Å². The van der Waals surface area contributed by atoms with Crippen LogP contribution in [0.1, 0.15) is 64.5 Å². The third kappa shape index (κ3) is 6.41. The molecule has 2 aromatic carbocycles. The van der Waals surface area contributed by atoms with Crippen molar-refractivity contribution in [3.8, 4) is 11.5 Å². The molecule has 2 aliphatic heterocycles. The molecule has 2 heterocycles. The van der Waals surface area contributed by atoms with Crippen LogP contribution in [0.3, 0.4) is 0 Å². The lowest BCUT2D eigenvalue weighted by Crippen LogP contribution is -2.28. The Bertz CT molecular complexity index is 960. The first-order chi connectivity index (χ1) is 16.5. The Morgan fingerprint density at radius 2 is 1.71 bits per heavy atom. The van der Waals surface area contributed by atoms with E-state index in [9.17, 15) is 4.79 Å². The molecule has 4 rings (SSSR count). The van der Waals surface area contributed by atoms with Crippen molar-refractivity contribution < 1.29 is 14.3 Å².